The molecule has 1 aliphatic carbocycles. The van der Waals surface area contributed by atoms with Crippen LogP contribution in [0.3, 0.4) is 0 Å². The fourth-order valence-electron chi connectivity index (χ4n) is 3.29. The van der Waals surface area contributed by atoms with E-state index in [2.05, 4.69) is 9.47 Å². The molecule has 6 nitrogen and oxygen atoms in total. The van der Waals surface area contributed by atoms with Gasteiger partial charge in [0.15, 0.2) is 0 Å². The van der Waals surface area contributed by atoms with Gasteiger partial charge in [-0.15, -0.1) is 0 Å². The molecule has 0 aromatic heterocycles. The quantitative estimate of drug-likeness (QED) is 0.458. The van der Waals surface area contributed by atoms with Crippen LogP contribution >= 0.6 is 0 Å². The average Bonchev–Trinajstić information content (AvgIpc) is 2.65. The highest BCUT2D eigenvalue weighted by atomic mass is 16.6. The summed E-state index contributed by atoms with van der Waals surface area (Å²) < 4.78 is 9.03. The fraction of sp³-hybridized carbons (Fsp3) is 0.636. The molecule has 3 aliphatic rings. The van der Waals surface area contributed by atoms with Crippen LogP contribution in [0.15, 0.2) is 0 Å². The summed E-state index contributed by atoms with van der Waals surface area (Å²) >= 11 is 0. The molecule has 2 saturated heterocycles. The van der Waals surface area contributed by atoms with Gasteiger partial charge in [-0.2, -0.15) is 0 Å². The summed E-state index contributed by atoms with van der Waals surface area (Å²) in [7, 11) is 0. The van der Waals surface area contributed by atoms with Crippen molar-refractivity contribution in [3.05, 3.63) is 0 Å². The lowest BCUT2D eigenvalue weighted by Gasteiger charge is -2.44. The van der Waals surface area contributed by atoms with Gasteiger partial charge < -0.3 is 9.47 Å². The van der Waals surface area contributed by atoms with Crippen molar-refractivity contribution in [2.75, 3.05) is 0 Å². The predicted molar refractivity (Wildman–Crippen MR) is 49.9 cm³/mol. The van der Waals surface area contributed by atoms with Crippen LogP contribution in [0.25, 0.3) is 0 Å². The van der Waals surface area contributed by atoms with Crippen LogP contribution in [0.5, 0.6) is 0 Å². The lowest BCUT2D eigenvalue weighted by Crippen LogP contribution is -2.51. The molecule has 0 bridgehead atoms. The molecule has 6 heteroatoms. The Balaban J connectivity index is 1.86. The first-order valence-corrected chi connectivity index (χ1v) is 5.50. The van der Waals surface area contributed by atoms with Gasteiger partial charge in [-0.05, 0) is 11.8 Å². The second kappa shape index (κ2) is 3.15. The lowest BCUT2D eigenvalue weighted by atomic mass is 9.54. The maximum atomic E-state index is 11.5. The first kappa shape index (κ1) is 10.4. The van der Waals surface area contributed by atoms with E-state index < -0.39 is 41.6 Å². The molecule has 5 atom stereocenters. The van der Waals surface area contributed by atoms with Crippen molar-refractivity contribution in [3.63, 3.8) is 0 Å². The van der Waals surface area contributed by atoms with Crippen molar-refractivity contribution in [1.29, 1.82) is 0 Å². The van der Waals surface area contributed by atoms with E-state index in [4.69, 9.17) is 0 Å². The second-order valence-electron chi connectivity index (χ2n) is 4.83. The van der Waals surface area contributed by atoms with Gasteiger partial charge >= 0.3 is 23.9 Å². The summed E-state index contributed by atoms with van der Waals surface area (Å²) in [5.74, 6) is -4.28. The number of hydrogen-bond acceptors (Lipinski definition) is 6. The standard InChI is InChI=1S/C11H10O6/c1-3-6(4-2-5(12)16-9(4)13)8-7(3)10(14)17-11(8)15/h3-4,6-8H,2H2,1H3. The molecular weight excluding hydrogens is 228 g/mol. The minimum absolute atomic E-state index is 0.00146. The third-order valence-electron chi connectivity index (χ3n) is 4.09. The predicted octanol–water partition coefficient (Wildman–Crippen LogP) is -0.342. The lowest BCUT2D eigenvalue weighted by molar-refractivity contribution is -0.157. The molecule has 0 amide bonds. The zero-order valence-corrected chi connectivity index (χ0v) is 9.04. The number of fused-ring (bicyclic) bond motifs is 1. The minimum Gasteiger partial charge on any atom is -0.393 e. The zero-order chi connectivity index (χ0) is 12.3. The van der Waals surface area contributed by atoms with E-state index >= 15 is 0 Å². The molecule has 17 heavy (non-hydrogen) atoms. The van der Waals surface area contributed by atoms with Crippen LogP contribution < -0.4 is 0 Å². The highest BCUT2D eigenvalue weighted by Gasteiger charge is 2.65. The number of rotatable bonds is 1. The van der Waals surface area contributed by atoms with Crippen LogP contribution in [-0.4, -0.2) is 23.9 Å². The van der Waals surface area contributed by atoms with Crippen molar-refractivity contribution in [2.24, 2.45) is 29.6 Å². The molecular formula is C11H10O6. The normalized spacial score (nSPS) is 44.2. The summed E-state index contributed by atoms with van der Waals surface area (Å²) in [4.78, 5) is 45.3. The second-order valence-corrected chi connectivity index (χ2v) is 4.83. The van der Waals surface area contributed by atoms with Crippen molar-refractivity contribution >= 4 is 23.9 Å². The number of carbonyl (C=O) groups is 4. The van der Waals surface area contributed by atoms with E-state index in [1.807, 2.05) is 0 Å². The Morgan fingerprint density at radius 1 is 0.941 bits per heavy atom. The molecule has 2 aliphatic heterocycles. The number of cyclic esters (lactones) is 4. The van der Waals surface area contributed by atoms with E-state index in [-0.39, 0.29) is 18.3 Å². The summed E-state index contributed by atoms with van der Waals surface area (Å²) in [6.07, 6.45) is -0.00146. The van der Waals surface area contributed by atoms with E-state index in [1.165, 1.54) is 0 Å². The van der Waals surface area contributed by atoms with Gasteiger partial charge in [0.25, 0.3) is 0 Å². The SMILES string of the molecule is CC1C2C(=O)OC(=O)C2C1C1CC(=O)OC1=O. The minimum atomic E-state index is -0.600. The third kappa shape index (κ3) is 1.20. The molecule has 3 rings (SSSR count). The van der Waals surface area contributed by atoms with Crippen molar-refractivity contribution < 1.29 is 28.7 Å². The van der Waals surface area contributed by atoms with Crippen molar-refractivity contribution in [3.8, 4) is 0 Å². The molecule has 0 spiro atoms. The molecule has 0 aromatic carbocycles. The van der Waals surface area contributed by atoms with Gasteiger partial charge in [-0.3, -0.25) is 19.2 Å². The molecule has 3 fully saturated rings. The maximum Gasteiger partial charge on any atom is 0.317 e. The Bertz CT molecular complexity index is 443. The number of ether oxygens (including phenoxy) is 2. The zero-order valence-electron chi connectivity index (χ0n) is 9.04. The number of esters is 4. The van der Waals surface area contributed by atoms with Gasteiger partial charge in [0.2, 0.25) is 0 Å². The molecule has 5 unspecified atom stereocenters. The fourth-order valence-corrected chi connectivity index (χ4v) is 3.29. The van der Waals surface area contributed by atoms with Gasteiger partial charge in [0.05, 0.1) is 24.2 Å². The van der Waals surface area contributed by atoms with E-state index in [9.17, 15) is 19.2 Å². The number of hydrogen-bond donors (Lipinski definition) is 0. The largest absolute Gasteiger partial charge is 0.393 e. The van der Waals surface area contributed by atoms with Crippen LogP contribution in [0.4, 0.5) is 0 Å². The van der Waals surface area contributed by atoms with Crippen LogP contribution in [-0.2, 0) is 28.7 Å². The average molecular weight is 238 g/mol. The summed E-state index contributed by atoms with van der Waals surface area (Å²) in [6.45, 7) is 1.79. The highest BCUT2D eigenvalue weighted by Crippen LogP contribution is 2.55. The molecule has 0 N–H and O–H groups in total. The summed E-state index contributed by atoms with van der Waals surface area (Å²) in [5.41, 5.74) is 0. The maximum absolute atomic E-state index is 11.5. The molecule has 2 heterocycles. The van der Waals surface area contributed by atoms with Crippen molar-refractivity contribution in [1.82, 2.24) is 0 Å². The summed E-state index contributed by atoms with van der Waals surface area (Å²) in [5, 5.41) is 0. The summed E-state index contributed by atoms with van der Waals surface area (Å²) in [6, 6.07) is 0. The van der Waals surface area contributed by atoms with Gasteiger partial charge in [0, 0.05) is 0 Å². The van der Waals surface area contributed by atoms with Crippen LogP contribution in [0, 0.1) is 29.6 Å². The molecule has 0 radical (unpaired) electrons. The molecule has 1 saturated carbocycles. The Morgan fingerprint density at radius 2 is 1.59 bits per heavy atom. The molecule has 90 valence electrons. The van der Waals surface area contributed by atoms with Crippen LogP contribution in [0.2, 0.25) is 0 Å². The first-order valence-electron chi connectivity index (χ1n) is 5.50. The Labute approximate surface area is 96.2 Å². The van der Waals surface area contributed by atoms with E-state index in [1.54, 1.807) is 6.92 Å². The Kier molecular flexibility index (Phi) is 1.93. The topological polar surface area (TPSA) is 86.7 Å². The number of carbonyl (C=O) groups excluding carboxylic acids is 4. The van der Waals surface area contributed by atoms with Crippen molar-refractivity contribution in [2.45, 2.75) is 13.3 Å². The van der Waals surface area contributed by atoms with E-state index in [0.29, 0.717) is 0 Å². The Morgan fingerprint density at radius 3 is 2.18 bits per heavy atom. The monoisotopic (exact) mass is 238 g/mol. The smallest absolute Gasteiger partial charge is 0.317 e. The van der Waals surface area contributed by atoms with Gasteiger partial charge in [0.1, 0.15) is 0 Å². The molecule has 0 aromatic rings. The first-order chi connectivity index (χ1) is 8.00. The van der Waals surface area contributed by atoms with Crippen LogP contribution in [0.1, 0.15) is 13.3 Å². The third-order valence-corrected chi connectivity index (χ3v) is 4.09. The van der Waals surface area contributed by atoms with Gasteiger partial charge in [-0.1, -0.05) is 6.92 Å². The van der Waals surface area contributed by atoms with Gasteiger partial charge in [-0.25, -0.2) is 0 Å². The highest BCUT2D eigenvalue weighted by molar-refractivity contribution is 6.00. The van der Waals surface area contributed by atoms with E-state index in [0.717, 1.165) is 0 Å². The Hall–Kier alpha value is -1.72.